The fraction of sp³-hybridized carbons (Fsp3) is 0.231. The molecule has 2 aromatic heterocycles. The number of para-hydroxylation sites is 1. The first kappa shape index (κ1) is 22.0. The Morgan fingerprint density at radius 2 is 1.88 bits per heavy atom. The van der Waals surface area contributed by atoms with E-state index in [0.29, 0.717) is 29.8 Å². The van der Waals surface area contributed by atoms with E-state index in [2.05, 4.69) is 15.7 Å². The number of hydrogen-bond donors (Lipinski definition) is 2. The van der Waals surface area contributed by atoms with Crippen LogP contribution in [-0.2, 0) is 15.0 Å². The fourth-order valence-electron chi connectivity index (χ4n) is 4.53. The van der Waals surface area contributed by atoms with Gasteiger partial charge in [-0.1, -0.05) is 37.3 Å². The van der Waals surface area contributed by atoms with Gasteiger partial charge in [0.25, 0.3) is 5.91 Å². The molecule has 1 unspecified atom stereocenters. The molecule has 8 heteroatoms. The molecule has 1 atom stereocenters. The van der Waals surface area contributed by atoms with Crippen molar-refractivity contribution in [2.45, 2.75) is 38.5 Å². The second-order valence-corrected chi connectivity index (χ2v) is 9.54. The van der Waals surface area contributed by atoms with Crippen molar-refractivity contribution in [1.82, 2.24) is 15.1 Å². The van der Waals surface area contributed by atoms with Crippen LogP contribution in [0.1, 0.15) is 47.1 Å². The van der Waals surface area contributed by atoms with Crippen LogP contribution in [0.15, 0.2) is 60.7 Å². The number of carbonyl (C=O) groups is 3. The summed E-state index contributed by atoms with van der Waals surface area (Å²) in [5.41, 5.74) is 2.59. The molecule has 172 valence electrons. The highest BCUT2D eigenvalue weighted by molar-refractivity contribution is 7.20. The predicted octanol–water partition coefficient (Wildman–Crippen LogP) is 4.73. The molecule has 34 heavy (non-hydrogen) atoms. The first-order valence-corrected chi connectivity index (χ1v) is 12.0. The summed E-state index contributed by atoms with van der Waals surface area (Å²) >= 11 is 1.40. The molecule has 2 N–H and O–H groups in total. The topological polar surface area (TPSA) is 93.1 Å². The first-order chi connectivity index (χ1) is 16.4. The number of nitrogens with one attached hydrogen (secondary N) is 2. The van der Waals surface area contributed by atoms with Crippen molar-refractivity contribution in [1.29, 1.82) is 0 Å². The Labute approximate surface area is 200 Å². The lowest BCUT2D eigenvalue weighted by atomic mass is 9.72. The normalized spacial score (nSPS) is 18.2. The minimum Gasteiger partial charge on any atom is -0.321 e. The number of nitrogens with zero attached hydrogens (tertiary/aromatic N) is 2. The molecule has 1 aliphatic rings. The van der Waals surface area contributed by atoms with Gasteiger partial charge in [-0.2, -0.15) is 5.10 Å². The largest absolute Gasteiger partial charge is 0.321 e. The number of thiophene rings is 1. The zero-order valence-corrected chi connectivity index (χ0v) is 19.7. The van der Waals surface area contributed by atoms with Crippen LogP contribution in [0.3, 0.4) is 0 Å². The molecule has 1 fully saturated rings. The van der Waals surface area contributed by atoms with Gasteiger partial charge >= 0.3 is 0 Å². The molecule has 7 nitrogen and oxygen atoms in total. The number of aromatic nitrogens is 2. The summed E-state index contributed by atoms with van der Waals surface area (Å²) in [5, 5.41) is 11.0. The van der Waals surface area contributed by atoms with Gasteiger partial charge < -0.3 is 5.32 Å². The van der Waals surface area contributed by atoms with Crippen molar-refractivity contribution in [3.63, 3.8) is 0 Å². The van der Waals surface area contributed by atoms with E-state index in [1.54, 1.807) is 12.1 Å². The summed E-state index contributed by atoms with van der Waals surface area (Å²) in [7, 11) is 0. The van der Waals surface area contributed by atoms with Crippen LogP contribution in [0, 0.1) is 6.92 Å². The van der Waals surface area contributed by atoms with Gasteiger partial charge in [-0.15, -0.1) is 11.3 Å². The Kier molecular flexibility index (Phi) is 5.53. The van der Waals surface area contributed by atoms with E-state index in [4.69, 9.17) is 0 Å². The molecule has 4 aromatic rings. The number of aryl methyl sites for hydroxylation is 1. The van der Waals surface area contributed by atoms with E-state index < -0.39 is 5.41 Å². The average molecular weight is 473 g/mol. The molecule has 3 heterocycles. The van der Waals surface area contributed by atoms with E-state index in [1.807, 2.05) is 67.1 Å². The fourth-order valence-corrected chi connectivity index (χ4v) is 5.61. The second-order valence-electron chi connectivity index (χ2n) is 8.51. The van der Waals surface area contributed by atoms with Crippen molar-refractivity contribution in [3.05, 3.63) is 76.8 Å². The number of imide groups is 1. The number of benzene rings is 2. The quantitative estimate of drug-likeness (QED) is 0.411. The SMILES string of the molecule is CCC1(c2ccc(NC(=O)c3cc4c(C)nn(-c5ccccc5)c4s3)cc2)CCC(=O)NC1=O. The highest BCUT2D eigenvalue weighted by atomic mass is 32.1. The molecule has 1 aliphatic heterocycles. The third-order valence-corrected chi connectivity index (χ3v) is 7.64. The van der Waals surface area contributed by atoms with E-state index >= 15 is 0 Å². The maximum Gasteiger partial charge on any atom is 0.265 e. The summed E-state index contributed by atoms with van der Waals surface area (Å²) in [6, 6.07) is 19.0. The zero-order chi connectivity index (χ0) is 23.9. The number of rotatable bonds is 5. The summed E-state index contributed by atoms with van der Waals surface area (Å²) in [4.78, 5) is 38.7. The van der Waals surface area contributed by atoms with Crippen LogP contribution in [0.5, 0.6) is 0 Å². The van der Waals surface area contributed by atoms with Crippen LogP contribution < -0.4 is 10.6 Å². The van der Waals surface area contributed by atoms with Gasteiger partial charge in [-0.3, -0.25) is 19.7 Å². The lowest BCUT2D eigenvalue weighted by molar-refractivity contribution is -0.138. The van der Waals surface area contributed by atoms with Crippen LogP contribution in [-0.4, -0.2) is 27.5 Å². The van der Waals surface area contributed by atoms with Crippen molar-refractivity contribution in [2.75, 3.05) is 5.32 Å². The Morgan fingerprint density at radius 3 is 2.56 bits per heavy atom. The second kappa shape index (κ2) is 8.53. The van der Waals surface area contributed by atoms with Gasteiger partial charge in [-0.25, -0.2) is 4.68 Å². The Morgan fingerprint density at radius 1 is 1.15 bits per heavy atom. The number of piperidine rings is 1. The summed E-state index contributed by atoms with van der Waals surface area (Å²) in [6.45, 7) is 3.89. The van der Waals surface area contributed by atoms with Crippen LogP contribution in [0.25, 0.3) is 15.9 Å². The Balaban J connectivity index is 1.38. The first-order valence-electron chi connectivity index (χ1n) is 11.2. The number of carbonyl (C=O) groups excluding carboxylic acids is 3. The minimum absolute atomic E-state index is 0.195. The van der Waals surface area contributed by atoms with Crippen molar-refractivity contribution in [2.24, 2.45) is 0 Å². The monoisotopic (exact) mass is 472 g/mol. The van der Waals surface area contributed by atoms with E-state index in [0.717, 1.165) is 27.2 Å². The Hall–Kier alpha value is -3.78. The molecule has 1 saturated heterocycles. The van der Waals surface area contributed by atoms with Crippen LogP contribution in [0.2, 0.25) is 0 Å². The summed E-state index contributed by atoms with van der Waals surface area (Å²) in [6.07, 6.45) is 1.40. The van der Waals surface area contributed by atoms with E-state index in [9.17, 15) is 14.4 Å². The molecular weight excluding hydrogens is 448 g/mol. The molecule has 5 rings (SSSR count). The summed E-state index contributed by atoms with van der Waals surface area (Å²) in [5.74, 6) is -0.678. The lowest BCUT2D eigenvalue weighted by Gasteiger charge is -2.35. The molecule has 0 radical (unpaired) electrons. The molecule has 3 amide bonds. The van der Waals surface area contributed by atoms with Gasteiger partial charge in [0.15, 0.2) is 0 Å². The number of fused-ring (bicyclic) bond motifs is 1. The molecule has 2 aromatic carbocycles. The van der Waals surface area contributed by atoms with Gasteiger partial charge in [0, 0.05) is 17.5 Å². The number of hydrogen-bond acceptors (Lipinski definition) is 5. The highest BCUT2D eigenvalue weighted by Crippen LogP contribution is 2.36. The van der Waals surface area contributed by atoms with Crippen molar-refractivity contribution < 1.29 is 14.4 Å². The van der Waals surface area contributed by atoms with E-state index in [-0.39, 0.29) is 17.7 Å². The van der Waals surface area contributed by atoms with Gasteiger partial charge in [-0.05, 0) is 55.7 Å². The molecule has 0 bridgehead atoms. The standard InChI is InChI=1S/C26H24N4O3S/c1-3-26(14-13-22(31)28-25(26)33)17-9-11-18(12-10-17)27-23(32)21-15-20-16(2)29-30(24(20)34-21)19-7-5-4-6-8-19/h4-12,15H,3,13-14H2,1-2H3,(H,27,32)(H,28,31,33). The molecule has 0 spiro atoms. The predicted molar refractivity (Wildman–Crippen MR) is 132 cm³/mol. The third kappa shape index (κ3) is 3.70. The zero-order valence-electron chi connectivity index (χ0n) is 18.9. The number of anilines is 1. The van der Waals surface area contributed by atoms with Crippen LogP contribution in [0.4, 0.5) is 5.69 Å². The molecule has 0 aliphatic carbocycles. The molecule has 0 saturated carbocycles. The highest BCUT2D eigenvalue weighted by Gasteiger charge is 2.42. The van der Waals surface area contributed by atoms with Crippen molar-refractivity contribution >= 4 is 45.0 Å². The molecular formula is C26H24N4O3S. The minimum atomic E-state index is -0.719. The van der Waals surface area contributed by atoms with Crippen LogP contribution >= 0.6 is 11.3 Å². The maximum atomic E-state index is 13.0. The number of amides is 3. The van der Waals surface area contributed by atoms with Gasteiger partial charge in [0.05, 0.1) is 21.7 Å². The van der Waals surface area contributed by atoms with Gasteiger partial charge in [0.1, 0.15) is 4.83 Å². The maximum absolute atomic E-state index is 13.0. The van der Waals surface area contributed by atoms with E-state index in [1.165, 1.54) is 11.3 Å². The van der Waals surface area contributed by atoms with Gasteiger partial charge in [0.2, 0.25) is 11.8 Å². The lowest BCUT2D eigenvalue weighted by Crippen LogP contribution is -2.51. The Bertz CT molecular complexity index is 1410. The smallest absolute Gasteiger partial charge is 0.265 e. The van der Waals surface area contributed by atoms with Crippen molar-refractivity contribution in [3.8, 4) is 5.69 Å². The third-order valence-electron chi connectivity index (χ3n) is 6.53. The average Bonchev–Trinajstić information content (AvgIpc) is 3.41. The summed E-state index contributed by atoms with van der Waals surface area (Å²) < 4.78 is 1.87.